The average molecular weight is 288 g/mol. The fraction of sp³-hybridized carbons (Fsp3) is 0.500. The predicted octanol–water partition coefficient (Wildman–Crippen LogP) is 2.15. The fourth-order valence-electron chi connectivity index (χ4n) is 2.37. The third-order valence-corrected chi connectivity index (χ3v) is 3.46. The Hall–Kier alpha value is -1.72. The van der Waals surface area contributed by atoms with Crippen LogP contribution in [0.15, 0.2) is 36.5 Å². The zero-order valence-electron chi connectivity index (χ0n) is 12.7. The maximum Gasteiger partial charge on any atom is 0.0965 e. The molecule has 2 N–H and O–H groups in total. The Morgan fingerprint density at radius 1 is 1.24 bits per heavy atom. The second kappa shape index (κ2) is 7.90. The minimum Gasteiger partial charge on any atom is -0.396 e. The van der Waals surface area contributed by atoms with Gasteiger partial charge in [-0.15, -0.1) is 5.10 Å². The van der Waals surface area contributed by atoms with Crippen molar-refractivity contribution in [1.29, 1.82) is 0 Å². The number of nitrogens with zero attached hydrogens (tertiary/aromatic N) is 3. The Labute approximate surface area is 126 Å². The Bertz CT molecular complexity index is 524. The molecule has 5 heteroatoms. The van der Waals surface area contributed by atoms with E-state index in [4.69, 9.17) is 5.11 Å². The molecule has 0 radical (unpaired) electrons. The van der Waals surface area contributed by atoms with Gasteiger partial charge in [-0.3, -0.25) is 4.68 Å². The molecule has 5 nitrogen and oxygen atoms in total. The number of hydrogen-bond donors (Lipinski definition) is 2. The lowest BCUT2D eigenvalue weighted by Gasteiger charge is -2.22. The highest BCUT2D eigenvalue weighted by molar-refractivity contribution is 5.19. The van der Waals surface area contributed by atoms with E-state index >= 15 is 0 Å². The smallest absolute Gasteiger partial charge is 0.0965 e. The minimum absolute atomic E-state index is 0.177. The second-order valence-electron chi connectivity index (χ2n) is 5.56. The molecule has 0 amide bonds. The van der Waals surface area contributed by atoms with Gasteiger partial charge in [0.25, 0.3) is 0 Å². The molecule has 1 aromatic carbocycles. The van der Waals surface area contributed by atoms with Crippen LogP contribution in [0.3, 0.4) is 0 Å². The summed E-state index contributed by atoms with van der Waals surface area (Å²) in [7, 11) is 0. The van der Waals surface area contributed by atoms with Crippen molar-refractivity contribution in [2.75, 3.05) is 6.61 Å². The first-order valence-corrected chi connectivity index (χ1v) is 7.49. The molecule has 0 bridgehead atoms. The fourth-order valence-corrected chi connectivity index (χ4v) is 2.37. The summed E-state index contributed by atoms with van der Waals surface area (Å²) in [5, 5.41) is 20.6. The quantitative estimate of drug-likeness (QED) is 0.781. The molecule has 1 atom stereocenters. The summed E-state index contributed by atoms with van der Waals surface area (Å²) in [5.74, 6) is 0.497. The lowest BCUT2D eigenvalue weighted by Crippen LogP contribution is -2.25. The van der Waals surface area contributed by atoms with E-state index < -0.39 is 0 Å². The van der Waals surface area contributed by atoms with Gasteiger partial charge in [-0.25, -0.2) is 0 Å². The van der Waals surface area contributed by atoms with Crippen molar-refractivity contribution in [2.24, 2.45) is 5.92 Å². The van der Waals surface area contributed by atoms with Crippen LogP contribution in [0.4, 0.5) is 0 Å². The molecule has 2 rings (SSSR count). The average Bonchev–Trinajstić information content (AvgIpc) is 2.94. The number of aromatic nitrogens is 3. The summed E-state index contributed by atoms with van der Waals surface area (Å²) in [6.07, 6.45) is 2.64. The molecule has 0 fully saturated rings. The van der Waals surface area contributed by atoms with Gasteiger partial charge >= 0.3 is 0 Å². The van der Waals surface area contributed by atoms with Crippen molar-refractivity contribution in [3.63, 3.8) is 0 Å². The predicted molar refractivity (Wildman–Crippen MR) is 82.6 cm³/mol. The lowest BCUT2D eigenvalue weighted by atomic mass is 9.96. The number of aryl methyl sites for hydroxylation is 1. The molecule has 0 aliphatic heterocycles. The number of benzene rings is 1. The topological polar surface area (TPSA) is 63.0 Å². The molecule has 2 aromatic rings. The molecule has 1 heterocycles. The van der Waals surface area contributed by atoms with E-state index in [-0.39, 0.29) is 6.61 Å². The summed E-state index contributed by atoms with van der Waals surface area (Å²) in [4.78, 5) is 0. The van der Waals surface area contributed by atoms with Crippen LogP contribution in [0.1, 0.15) is 37.6 Å². The standard InChI is InChI=1S/C16H24N4O/c1-13(2)16(14-7-4-3-5-8-14)17-11-15-12-20(19-18-15)9-6-10-21/h3-5,7-8,12-13,16-17,21H,6,9-11H2,1-2H3. The third-order valence-electron chi connectivity index (χ3n) is 3.46. The van der Waals surface area contributed by atoms with Crippen LogP contribution in [0, 0.1) is 5.92 Å². The molecule has 0 saturated carbocycles. The van der Waals surface area contributed by atoms with Crippen molar-refractivity contribution < 1.29 is 5.11 Å². The molecule has 0 aliphatic rings. The van der Waals surface area contributed by atoms with Crippen LogP contribution in [0.2, 0.25) is 0 Å². The van der Waals surface area contributed by atoms with E-state index in [1.165, 1.54) is 5.56 Å². The van der Waals surface area contributed by atoms with Crippen LogP contribution in [0.5, 0.6) is 0 Å². The third kappa shape index (κ3) is 4.65. The Morgan fingerprint density at radius 3 is 2.67 bits per heavy atom. The molecular formula is C16H24N4O. The molecule has 21 heavy (non-hydrogen) atoms. The second-order valence-corrected chi connectivity index (χ2v) is 5.56. The number of aliphatic hydroxyl groups excluding tert-OH is 1. The summed E-state index contributed by atoms with van der Waals surface area (Å²) < 4.78 is 1.78. The number of aliphatic hydroxyl groups is 1. The minimum atomic E-state index is 0.177. The van der Waals surface area contributed by atoms with E-state index in [9.17, 15) is 0 Å². The van der Waals surface area contributed by atoms with Gasteiger partial charge in [-0.1, -0.05) is 49.4 Å². The zero-order valence-corrected chi connectivity index (χ0v) is 12.7. The molecule has 0 aliphatic carbocycles. The normalized spacial score (nSPS) is 12.8. The van der Waals surface area contributed by atoms with Crippen molar-refractivity contribution in [3.8, 4) is 0 Å². The van der Waals surface area contributed by atoms with Crippen molar-refractivity contribution in [3.05, 3.63) is 47.8 Å². The van der Waals surface area contributed by atoms with Gasteiger partial charge in [0, 0.05) is 31.9 Å². The Balaban J connectivity index is 1.94. The SMILES string of the molecule is CC(C)C(NCc1cn(CCCO)nn1)c1ccccc1. The Kier molecular flexibility index (Phi) is 5.90. The maximum atomic E-state index is 8.82. The molecule has 0 spiro atoms. The van der Waals surface area contributed by atoms with Gasteiger partial charge in [0.15, 0.2) is 0 Å². The van der Waals surface area contributed by atoms with Gasteiger partial charge in [0.1, 0.15) is 0 Å². The van der Waals surface area contributed by atoms with Crippen molar-refractivity contribution in [1.82, 2.24) is 20.3 Å². The van der Waals surface area contributed by atoms with Crippen LogP contribution in [-0.4, -0.2) is 26.7 Å². The van der Waals surface area contributed by atoms with E-state index in [1.54, 1.807) is 4.68 Å². The van der Waals surface area contributed by atoms with Crippen molar-refractivity contribution in [2.45, 2.75) is 39.4 Å². The highest BCUT2D eigenvalue weighted by atomic mass is 16.3. The maximum absolute atomic E-state index is 8.82. The monoisotopic (exact) mass is 288 g/mol. The van der Waals surface area contributed by atoms with E-state index in [1.807, 2.05) is 12.3 Å². The molecule has 114 valence electrons. The lowest BCUT2D eigenvalue weighted by molar-refractivity contribution is 0.276. The summed E-state index contributed by atoms with van der Waals surface area (Å²) in [5.41, 5.74) is 2.22. The van der Waals surface area contributed by atoms with E-state index in [0.717, 1.165) is 5.69 Å². The summed E-state index contributed by atoms with van der Waals surface area (Å²) in [6, 6.07) is 10.8. The highest BCUT2D eigenvalue weighted by Gasteiger charge is 2.15. The van der Waals surface area contributed by atoms with Gasteiger partial charge in [0.2, 0.25) is 0 Å². The van der Waals surface area contributed by atoms with Gasteiger partial charge in [-0.05, 0) is 17.9 Å². The molecule has 1 unspecified atom stereocenters. The van der Waals surface area contributed by atoms with Gasteiger partial charge < -0.3 is 10.4 Å². The first-order chi connectivity index (χ1) is 10.2. The molecular weight excluding hydrogens is 264 g/mol. The largest absolute Gasteiger partial charge is 0.396 e. The number of hydrogen-bond acceptors (Lipinski definition) is 4. The highest BCUT2D eigenvalue weighted by Crippen LogP contribution is 2.21. The summed E-state index contributed by atoms with van der Waals surface area (Å²) in [6.45, 7) is 6.00. The van der Waals surface area contributed by atoms with Crippen LogP contribution in [0.25, 0.3) is 0 Å². The number of nitrogens with one attached hydrogen (secondary N) is 1. The first-order valence-electron chi connectivity index (χ1n) is 7.49. The Morgan fingerprint density at radius 2 is 2.00 bits per heavy atom. The van der Waals surface area contributed by atoms with Crippen LogP contribution in [-0.2, 0) is 13.1 Å². The number of rotatable bonds is 8. The van der Waals surface area contributed by atoms with Crippen LogP contribution >= 0.6 is 0 Å². The molecule has 0 saturated heterocycles. The summed E-state index contributed by atoms with van der Waals surface area (Å²) >= 11 is 0. The van der Waals surface area contributed by atoms with E-state index in [2.05, 4.69) is 53.7 Å². The van der Waals surface area contributed by atoms with Crippen LogP contribution < -0.4 is 5.32 Å². The van der Waals surface area contributed by atoms with Gasteiger partial charge in [0.05, 0.1) is 5.69 Å². The van der Waals surface area contributed by atoms with Crippen molar-refractivity contribution >= 4 is 0 Å². The molecule has 1 aromatic heterocycles. The van der Waals surface area contributed by atoms with Gasteiger partial charge in [-0.2, -0.15) is 0 Å². The first kappa shape index (κ1) is 15.7. The zero-order chi connectivity index (χ0) is 15.1. The van der Waals surface area contributed by atoms with E-state index in [0.29, 0.717) is 31.5 Å².